The van der Waals surface area contributed by atoms with E-state index in [4.69, 9.17) is 0 Å². The van der Waals surface area contributed by atoms with Crippen LogP contribution in [0.15, 0.2) is 58.9 Å². The average Bonchev–Trinajstić information content (AvgIpc) is 3.43. The van der Waals surface area contributed by atoms with Crippen LogP contribution in [0.1, 0.15) is 52.6 Å². The second-order valence-corrected chi connectivity index (χ2v) is 12.7. The van der Waals surface area contributed by atoms with Crippen LogP contribution in [0.5, 0.6) is 0 Å². The van der Waals surface area contributed by atoms with Crippen LogP contribution in [-0.4, -0.2) is 75.8 Å². The minimum Gasteiger partial charge on any atom is -0.480 e. The van der Waals surface area contributed by atoms with E-state index in [1.165, 1.54) is 11.3 Å². The van der Waals surface area contributed by atoms with E-state index in [9.17, 15) is 24.3 Å². The number of aromatic nitrogens is 1. The van der Waals surface area contributed by atoms with Gasteiger partial charge in [0.2, 0.25) is 5.91 Å². The normalized spacial score (nSPS) is 14.1. The zero-order valence-corrected chi connectivity index (χ0v) is 25.5. The van der Waals surface area contributed by atoms with E-state index in [1.54, 1.807) is 58.9 Å². The zero-order valence-electron chi connectivity index (χ0n) is 23.8. The molecular formula is C30H35N5O5S2. The number of carboxylic acid groups (broad SMARTS) is 1. The van der Waals surface area contributed by atoms with Gasteiger partial charge in [-0.3, -0.25) is 24.5 Å². The Morgan fingerprint density at radius 2 is 1.67 bits per heavy atom. The molecule has 222 valence electrons. The maximum Gasteiger partial charge on any atom is 0.320 e. The highest BCUT2D eigenvalue weighted by Crippen LogP contribution is 2.31. The van der Waals surface area contributed by atoms with E-state index in [0.717, 1.165) is 15.3 Å². The molecule has 0 spiro atoms. The molecule has 3 aromatic rings. The lowest BCUT2D eigenvalue weighted by molar-refractivity contribution is -0.140. The fourth-order valence-electron chi connectivity index (χ4n) is 4.52. The second-order valence-electron chi connectivity index (χ2n) is 10.4. The summed E-state index contributed by atoms with van der Waals surface area (Å²) in [6, 6.07) is 13.9. The molecule has 1 atom stereocenters. The van der Waals surface area contributed by atoms with E-state index in [0.29, 0.717) is 54.7 Å². The maximum atomic E-state index is 13.0. The quantitative estimate of drug-likeness (QED) is 0.276. The smallest absolute Gasteiger partial charge is 0.320 e. The number of hydrogen-bond donors (Lipinski definition) is 3. The molecule has 42 heavy (non-hydrogen) atoms. The molecule has 0 radical (unpaired) electrons. The van der Waals surface area contributed by atoms with E-state index in [1.807, 2.05) is 38.1 Å². The van der Waals surface area contributed by atoms with Gasteiger partial charge in [0, 0.05) is 56.5 Å². The molecule has 1 fully saturated rings. The molecule has 1 aliphatic heterocycles. The molecule has 3 amide bonds. The van der Waals surface area contributed by atoms with Gasteiger partial charge >= 0.3 is 5.97 Å². The van der Waals surface area contributed by atoms with Gasteiger partial charge < -0.3 is 20.2 Å². The number of carbonyl (C=O) groups is 4. The molecule has 0 bridgehead atoms. The summed E-state index contributed by atoms with van der Waals surface area (Å²) < 4.78 is 0.932. The number of aliphatic carboxylic acids is 1. The summed E-state index contributed by atoms with van der Waals surface area (Å²) >= 11 is 2.95. The molecule has 1 aromatic heterocycles. The number of thiazole rings is 1. The number of piperazine rings is 1. The van der Waals surface area contributed by atoms with E-state index >= 15 is 0 Å². The highest BCUT2D eigenvalue weighted by atomic mass is 32.2. The number of thioether (sulfide) groups is 1. The molecule has 1 saturated heterocycles. The number of carbonyl (C=O) groups excluding carboxylic acids is 3. The average molecular weight is 610 g/mol. The third-order valence-corrected chi connectivity index (χ3v) is 9.13. The van der Waals surface area contributed by atoms with E-state index in [-0.39, 0.29) is 23.6 Å². The summed E-state index contributed by atoms with van der Waals surface area (Å²) in [6.07, 6.45) is 1.72. The fourth-order valence-corrected chi connectivity index (χ4v) is 6.33. The number of amides is 3. The highest BCUT2D eigenvalue weighted by molar-refractivity contribution is 8.00. The SMILES string of the molecule is CC(=O)N1CCN(C(=O)c2cccc(CSc3cnc(NC(=O)c4ccc(CNC(C(=O)O)C(C)C)cc4)s3)c2)CC1. The summed E-state index contributed by atoms with van der Waals surface area (Å²) in [4.78, 5) is 56.5. The topological polar surface area (TPSA) is 132 Å². The van der Waals surface area contributed by atoms with Crippen molar-refractivity contribution in [3.8, 4) is 0 Å². The first-order chi connectivity index (χ1) is 20.1. The Labute approximate surface area is 253 Å². The Morgan fingerprint density at radius 1 is 0.976 bits per heavy atom. The first-order valence-electron chi connectivity index (χ1n) is 13.7. The molecule has 4 rings (SSSR count). The summed E-state index contributed by atoms with van der Waals surface area (Å²) in [5.74, 6) is -0.565. The van der Waals surface area contributed by atoms with Gasteiger partial charge in [-0.05, 0) is 41.3 Å². The molecule has 1 aliphatic rings. The van der Waals surface area contributed by atoms with Gasteiger partial charge in [-0.2, -0.15) is 0 Å². The zero-order chi connectivity index (χ0) is 30.2. The van der Waals surface area contributed by atoms with Gasteiger partial charge in [-0.25, -0.2) is 4.98 Å². The minimum atomic E-state index is -0.886. The van der Waals surface area contributed by atoms with Gasteiger partial charge in [-0.1, -0.05) is 49.4 Å². The number of hydrogen-bond acceptors (Lipinski definition) is 8. The molecule has 1 unspecified atom stereocenters. The molecule has 2 aromatic carbocycles. The summed E-state index contributed by atoms with van der Waals surface area (Å²) in [6.45, 7) is 7.80. The standard InChI is InChI=1S/C30H35N5O5S2/c1-19(2)26(29(39)40)31-16-21-7-9-23(10-8-21)27(37)33-30-32-17-25(42-30)41-18-22-5-4-6-24(15-22)28(38)35-13-11-34(12-14-35)20(3)36/h4-10,15,17,19,26,31H,11-14,16,18H2,1-3H3,(H,39,40)(H,32,33,37). The molecule has 0 aliphatic carbocycles. The lowest BCUT2D eigenvalue weighted by Gasteiger charge is -2.34. The Hall–Kier alpha value is -3.74. The lowest BCUT2D eigenvalue weighted by Crippen LogP contribution is -2.50. The predicted octanol–water partition coefficient (Wildman–Crippen LogP) is 4.19. The number of benzene rings is 2. The van der Waals surface area contributed by atoms with Crippen LogP contribution >= 0.6 is 23.1 Å². The van der Waals surface area contributed by atoms with Crippen molar-refractivity contribution in [2.75, 3.05) is 31.5 Å². The Morgan fingerprint density at radius 3 is 2.31 bits per heavy atom. The number of anilines is 1. The van der Waals surface area contributed by atoms with Crippen LogP contribution in [0.4, 0.5) is 5.13 Å². The maximum absolute atomic E-state index is 13.0. The van der Waals surface area contributed by atoms with Gasteiger partial charge in [0.25, 0.3) is 11.8 Å². The Kier molecular flexibility index (Phi) is 10.7. The molecule has 12 heteroatoms. The molecule has 10 nitrogen and oxygen atoms in total. The first-order valence-corrected chi connectivity index (χ1v) is 15.5. The van der Waals surface area contributed by atoms with Crippen molar-refractivity contribution in [2.24, 2.45) is 5.92 Å². The molecule has 0 saturated carbocycles. The van der Waals surface area contributed by atoms with Crippen LogP contribution in [0.2, 0.25) is 0 Å². The van der Waals surface area contributed by atoms with Gasteiger partial charge in [0.1, 0.15) is 6.04 Å². The van der Waals surface area contributed by atoms with Crippen LogP contribution in [0.25, 0.3) is 0 Å². The Bertz CT molecular complexity index is 1420. The predicted molar refractivity (Wildman–Crippen MR) is 164 cm³/mol. The third-order valence-electron chi connectivity index (χ3n) is 6.95. The number of nitrogens with zero attached hydrogens (tertiary/aromatic N) is 3. The molecular weight excluding hydrogens is 574 g/mol. The van der Waals surface area contributed by atoms with Crippen LogP contribution in [-0.2, 0) is 21.9 Å². The van der Waals surface area contributed by atoms with E-state index < -0.39 is 12.0 Å². The van der Waals surface area contributed by atoms with Crippen molar-refractivity contribution in [1.29, 1.82) is 0 Å². The van der Waals surface area contributed by atoms with Crippen molar-refractivity contribution >= 4 is 51.9 Å². The Balaban J connectivity index is 1.26. The lowest BCUT2D eigenvalue weighted by atomic mass is 10.0. The molecule has 2 heterocycles. The fraction of sp³-hybridized carbons (Fsp3) is 0.367. The number of carboxylic acids is 1. The van der Waals surface area contributed by atoms with Crippen molar-refractivity contribution in [2.45, 2.75) is 43.3 Å². The van der Waals surface area contributed by atoms with Crippen molar-refractivity contribution in [1.82, 2.24) is 20.1 Å². The van der Waals surface area contributed by atoms with E-state index in [2.05, 4.69) is 15.6 Å². The van der Waals surface area contributed by atoms with Gasteiger partial charge in [0.05, 0.1) is 10.4 Å². The summed E-state index contributed by atoms with van der Waals surface area (Å²) in [5.41, 5.74) is 2.99. The molecule has 3 N–H and O–H groups in total. The number of nitrogens with one attached hydrogen (secondary N) is 2. The van der Waals surface area contributed by atoms with Gasteiger partial charge in [-0.15, -0.1) is 11.8 Å². The third kappa shape index (κ3) is 8.40. The van der Waals surface area contributed by atoms with Crippen molar-refractivity contribution in [3.63, 3.8) is 0 Å². The van der Waals surface area contributed by atoms with Crippen molar-refractivity contribution in [3.05, 3.63) is 77.0 Å². The second kappa shape index (κ2) is 14.4. The number of rotatable bonds is 11. The van der Waals surface area contributed by atoms with Crippen LogP contribution in [0.3, 0.4) is 0 Å². The first kappa shape index (κ1) is 31.2. The minimum absolute atomic E-state index is 0.0304. The highest BCUT2D eigenvalue weighted by Gasteiger charge is 2.23. The monoisotopic (exact) mass is 609 g/mol. The van der Waals surface area contributed by atoms with Gasteiger partial charge in [0.15, 0.2) is 5.13 Å². The van der Waals surface area contributed by atoms with Crippen molar-refractivity contribution < 1.29 is 24.3 Å². The van der Waals surface area contributed by atoms with Crippen LogP contribution in [0, 0.1) is 5.92 Å². The summed E-state index contributed by atoms with van der Waals surface area (Å²) in [5, 5.41) is 15.7. The summed E-state index contributed by atoms with van der Waals surface area (Å²) in [7, 11) is 0. The largest absolute Gasteiger partial charge is 0.480 e. The van der Waals surface area contributed by atoms with Crippen LogP contribution < -0.4 is 10.6 Å².